The Morgan fingerprint density at radius 3 is 2.12 bits per heavy atom. The number of carbonyl (C=O) groups is 1. The van der Waals surface area contributed by atoms with Crippen LogP contribution in [0.1, 0.15) is 17.3 Å². The predicted molar refractivity (Wildman–Crippen MR) is 127 cm³/mol. The van der Waals surface area contributed by atoms with E-state index in [1.54, 1.807) is 31.3 Å². The Morgan fingerprint density at radius 2 is 1.55 bits per heavy atom. The first-order valence-corrected chi connectivity index (χ1v) is 11.6. The van der Waals surface area contributed by atoms with Gasteiger partial charge in [0, 0.05) is 18.8 Å². The molecule has 174 valence electrons. The van der Waals surface area contributed by atoms with E-state index in [0.29, 0.717) is 23.8 Å². The van der Waals surface area contributed by atoms with Crippen molar-refractivity contribution in [3.63, 3.8) is 0 Å². The molecule has 0 aliphatic carbocycles. The average molecular weight is 471 g/mol. The molecular weight excluding hydrogens is 444 g/mol. The number of amides is 1. The van der Waals surface area contributed by atoms with Gasteiger partial charge < -0.3 is 19.1 Å². The molecule has 0 radical (unpaired) electrons. The maximum Gasteiger partial charge on any atom is 0.261 e. The van der Waals surface area contributed by atoms with Gasteiger partial charge in [0.2, 0.25) is 0 Å². The minimum atomic E-state index is -4.01. The molecule has 33 heavy (non-hydrogen) atoms. The Bertz CT molecular complexity index is 1210. The maximum atomic E-state index is 13.4. The summed E-state index contributed by atoms with van der Waals surface area (Å²) in [6.45, 7) is 2.31. The number of carbonyl (C=O) groups excluding carboxylic acids is 1. The standard InChI is InChI=1S/C24H26N2O6S/c1-5-32-18-11-13-19(14-12-18)33(28,29)25-21-16-23(31-4)22(30-3)15-20(21)24(27)26(2)17-9-7-6-8-10-17/h6-16,25H,5H2,1-4H3. The molecule has 0 aliphatic rings. The van der Waals surface area contributed by atoms with Crippen molar-refractivity contribution in [2.24, 2.45) is 0 Å². The minimum absolute atomic E-state index is 0.0237. The molecule has 0 unspecified atom stereocenters. The van der Waals surface area contributed by atoms with Crippen LogP contribution in [0.2, 0.25) is 0 Å². The molecule has 0 spiro atoms. The minimum Gasteiger partial charge on any atom is -0.494 e. The number of hydrogen-bond donors (Lipinski definition) is 1. The molecule has 0 aromatic heterocycles. The molecule has 1 N–H and O–H groups in total. The van der Waals surface area contributed by atoms with Crippen LogP contribution in [0.4, 0.5) is 11.4 Å². The fourth-order valence-corrected chi connectivity index (χ4v) is 4.25. The number of sulfonamides is 1. The topological polar surface area (TPSA) is 94.2 Å². The van der Waals surface area contributed by atoms with Crippen LogP contribution < -0.4 is 23.8 Å². The second kappa shape index (κ2) is 10.3. The van der Waals surface area contributed by atoms with Crippen molar-refractivity contribution in [3.8, 4) is 17.2 Å². The highest BCUT2D eigenvalue weighted by Crippen LogP contribution is 2.35. The van der Waals surface area contributed by atoms with Gasteiger partial charge >= 0.3 is 0 Å². The van der Waals surface area contributed by atoms with Crippen molar-refractivity contribution in [1.82, 2.24) is 0 Å². The number of nitrogens with zero attached hydrogens (tertiary/aromatic N) is 1. The van der Waals surface area contributed by atoms with Crippen LogP contribution in [0.15, 0.2) is 71.6 Å². The van der Waals surface area contributed by atoms with Crippen LogP contribution in [0.5, 0.6) is 17.2 Å². The highest BCUT2D eigenvalue weighted by molar-refractivity contribution is 7.92. The quantitative estimate of drug-likeness (QED) is 0.504. The van der Waals surface area contributed by atoms with Gasteiger partial charge in [-0.3, -0.25) is 9.52 Å². The third-order valence-electron chi connectivity index (χ3n) is 4.89. The Kier molecular flexibility index (Phi) is 7.44. The molecule has 9 heteroatoms. The molecule has 8 nitrogen and oxygen atoms in total. The van der Waals surface area contributed by atoms with Gasteiger partial charge in [-0.1, -0.05) is 18.2 Å². The average Bonchev–Trinajstić information content (AvgIpc) is 2.83. The molecule has 0 saturated heterocycles. The summed E-state index contributed by atoms with van der Waals surface area (Å²) in [4.78, 5) is 14.8. The summed E-state index contributed by atoms with van der Waals surface area (Å²) in [6.07, 6.45) is 0. The third kappa shape index (κ3) is 5.38. The van der Waals surface area contributed by atoms with E-state index in [9.17, 15) is 13.2 Å². The van der Waals surface area contributed by atoms with Gasteiger partial charge in [0.25, 0.3) is 15.9 Å². The first-order valence-electron chi connectivity index (χ1n) is 10.2. The molecule has 0 fully saturated rings. The zero-order valence-corrected chi connectivity index (χ0v) is 19.7. The zero-order chi connectivity index (χ0) is 24.0. The fourth-order valence-electron chi connectivity index (χ4n) is 3.18. The van der Waals surface area contributed by atoms with Crippen LogP contribution in [0, 0.1) is 0 Å². The van der Waals surface area contributed by atoms with Gasteiger partial charge in [0.1, 0.15) is 5.75 Å². The molecule has 3 aromatic rings. The van der Waals surface area contributed by atoms with Crippen molar-refractivity contribution >= 4 is 27.3 Å². The second-order valence-electron chi connectivity index (χ2n) is 6.96. The predicted octanol–water partition coefficient (Wildman–Crippen LogP) is 4.18. The van der Waals surface area contributed by atoms with Crippen molar-refractivity contribution in [2.45, 2.75) is 11.8 Å². The summed E-state index contributed by atoms with van der Waals surface area (Å²) in [6, 6.07) is 17.9. The second-order valence-corrected chi connectivity index (χ2v) is 8.64. The molecule has 0 bridgehead atoms. The highest BCUT2D eigenvalue weighted by atomic mass is 32.2. The van der Waals surface area contributed by atoms with Crippen LogP contribution in [0.3, 0.4) is 0 Å². The van der Waals surface area contributed by atoms with Crippen molar-refractivity contribution in [1.29, 1.82) is 0 Å². The molecular formula is C24H26N2O6S. The number of ether oxygens (including phenoxy) is 3. The van der Waals surface area contributed by atoms with E-state index in [1.807, 2.05) is 25.1 Å². The summed E-state index contributed by atoms with van der Waals surface area (Å²) in [5, 5.41) is 0. The number of rotatable bonds is 9. The number of nitrogens with one attached hydrogen (secondary N) is 1. The Morgan fingerprint density at radius 1 is 0.939 bits per heavy atom. The molecule has 3 aromatic carbocycles. The first kappa shape index (κ1) is 23.9. The van der Waals surface area contributed by atoms with Gasteiger partial charge in [-0.25, -0.2) is 8.42 Å². The summed E-state index contributed by atoms with van der Waals surface area (Å²) in [5.41, 5.74) is 0.820. The normalized spacial score (nSPS) is 10.9. The zero-order valence-electron chi connectivity index (χ0n) is 18.9. The SMILES string of the molecule is CCOc1ccc(S(=O)(=O)Nc2cc(OC)c(OC)cc2C(=O)N(C)c2ccccc2)cc1. The van der Waals surface area contributed by atoms with Crippen molar-refractivity contribution in [2.75, 3.05) is 37.5 Å². The third-order valence-corrected chi connectivity index (χ3v) is 6.27. The summed E-state index contributed by atoms with van der Waals surface area (Å²) < 4.78 is 44.7. The first-order chi connectivity index (χ1) is 15.8. The Labute approximate surface area is 193 Å². The van der Waals surface area contributed by atoms with E-state index < -0.39 is 15.9 Å². The lowest BCUT2D eigenvalue weighted by atomic mass is 10.1. The lowest BCUT2D eigenvalue weighted by Gasteiger charge is -2.21. The maximum absolute atomic E-state index is 13.4. The molecule has 0 heterocycles. The number of benzene rings is 3. The van der Waals surface area contributed by atoms with Crippen LogP contribution in [-0.2, 0) is 10.0 Å². The van der Waals surface area contributed by atoms with Crippen molar-refractivity contribution in [3.05, 3.63) is 72.3 Å². The number of methoxy groups -OCH3 is 2. The van der Waals surface area contributed by atoms with Gasteiger partial charge in [0.15, 0.2) is 11.5 Å². The largest absolute Gasteiger partial charge is 0.494 e. The summed E-state index contributed by atoms with van der Waals surface area (Å²) >= 11 is 0. The lowest BCUT2D eigenvalue weighted by Crippen LogP contribution is -2.28. The van der Waals surface area contributed by atoms with E-state index in [4.69, 9.17) is 14.2 Å². The van der Waals surface area contributed by atoms with Gasteiger partial charge in [0.05, 0.1) is 37.0 Å². The summed E-state index contributed by atoms with van der Waals surface area (Å²) in [7, 11) is 0.474. The smallest absolute Gasteiger partial charge is 0.261 e. The lowest BCUT2D eigenvalue weighted by molar-refractivity contribution is 0.0993. The fraction of sp³-hybridized carbons (Fsp3) is 0.208. The molecule has 0 aliphatic heterocycles. The molecule has 3 rings (SSSR count). The van der Waals surface area contributed by atoms with E-state index >= 15 is 0 Å². The number of anilines is 2. The van der Waals surface area contributed by atoms with E-state index in [0.717, 1.165) is 0 Å². The van der Waals surface area contributed by atoms with Gasteiger partial charge in [-0.15, -0.1) is 0 Å². The molecule has 1 amide bonds. The summed E-state index contributed by atoms with van der Waals surface area (Å²) in [5.74, 6) is 0.710. The number of hydrogen-bond acceptors (Lipinski definition) is 6. The van der Waals surface area contributed by atoms with E-state index in [2.05, 4.69) is 4.72 Å². The van der Waals surface area contributed by atoms with Crippen LogP contribution >= 0.6 is 0 Å². The molecule has 0 atom stereocenters. The highest BCUT2D eigenvalue weighted by Gasteiger charge is 2.24. The van der Waals surface area contributed by atoms with Gasteiger partial charge in [-0.05, 0) is 49.4 Å². The van der Waals surface area contributed by atoms with E-state index in [1.165, 1.54) is 43.4 Å². The van der Waals surface area contributed by atoms with Crippen LogP contribution in [0.25, 0.3) is 0 Å². The van der Waals surface area contributed by atoms with E-state index in [-0.39, 0.29) is 21.9 Å². The Balaban J connectivity index is 2.03. The molecule has 0 saturated carbocycles. The number of para-hydroxylation sites is 1. The van der Waals surface area contributed by atoms with Gasteiger partial charge in [-0.2, -0.15) is 0 Å². The van der Waals surface area contributed by atoms with Crippen molar-refractivity contribution < 1.29 is 27.4 Å². The Hall–Kier alpha value is -3.72. The monoisotopic (exact) mass is 470 g/mol. The van der Waals surface area contributed by atoms with Crippen LogP contribution in [-0.4, -0.2) is 42.2 Å².